The number of hydrogen-bond acceptors (Lipinski definition) is 5. The molecule has 1 aliphatic heterocycles. The number of hydrogen-bond donors (Lipinski definition) is 0. The third-order valence-corrected chi connectivity index (χ3v) is 4.86. The number of morpholine rings is 1. The molecule has 0 aliphatic carbocycles. The Morgan fingerprint density at radius 1 is 1.07 bits per heavy atom. The third-order valence-electron chi connectivity index (χ3n) is 4.54. The highest BCUT2D eigenvalue weighted by Crippen LogP contribution is 2.27. The SMILES string of the molecule is O=C([O-])c1cc(-c2ccc(N3CCOCC3)cc2)nn1-c1ccccc1Cl. The maximum atomic E-state index is 11.6. The fourth-order valence-electron chi connectivity index (χ4n) is 3.14. The van der Waals surface area contributed by atoms with Crippen molar-refractivity contribution in [2.75, 3.05) is 31.2 Å². The van der Waals surface area contributed by atoms with E-state index in [0.29, 0.717) is 16.4 Å². The van der Waals surface area contributed by atoms with Crippen LogP contribution in [0.5, 0.6) is 0 Å². The van der Waals surface area contributed by atoms with Crippen molar-refractivity contribution in [3.8, 4) is 16.9 Å². The Labute approximate surface area is 161 Å². The molecule has 0 spiro atoms. The highest BCUT2D eigenvalue weighted by Gasteiger charge is 2.15. The number of rotatable bonds is 4. The molecule has 2 heterocycles. The lowest BCUT2D eigenvalue weighted by Gasteiger charge is -2.28. The van der Waals surface area contributed by atoms with Crippen molar-refractivity contribution in [2.45, 2.75) is 0 Å². The lowest BCUT2D eigenvalue weighted by atomic mass is 10.1. The second kappa shape index (κ2) is 7.42. The highest BCUT2D eigenvalue weighted by atomic mass is 35.5. The van der Waals surface area contributed by atoms with E-state index in [2.05, 4.69) is 10.00 Å². The van der Waals surface area contributed by atoms with Gasteiger partial charge in [-0.05, 0) is 30.3 Å². The van der Waals surface area contributed by atoms with Gasteiger partial charge in [0, 0.05) is 24.3 Å². The molecule has 0 saturated carbocycles. The van der Waals surface area contributed by atoms with Gasteiger partial charge in [-0.2, -0.15) is 5.10 Å². The Hall–Kier alpha value is -2.83. The molecule has 1 fully saturated rings. The Balaban J connectivity index is 1.69. The number of ether oxygens (including phenoxy) is 1. The Morgan fingerprint density at radius 2 is 1.78 bits per heavy atom. The predicted octanol–water partition coefficient (Wildman–Crippen LogP) is 2.39. The Kier molecular flexibility index (Phi) is 4.83. The summed E-state index contributed by atoms with van der Waals surface area (Å²) in [6.07, 6.45) is 0. The van der Waals surface area contributed by atoms with Crippen LogP contribution in [0.3, 0.4) is 0 Å². The number of aromatic nitrogens is 2. The molecule has 0 radical (unpaired) electrons. The number of anilines is 1. The highest BCUT2D eigenvalue weighted by molar-refractivity contribution is 6.32. The first-order valence-corrected chi connectivity index (χ1v) is 9.01. The zero-order valence-corrected chi connectivity index (χ0v) is 15.2. The first-order chi connectivity index (χ1) is 13.1. The van der Waals surface area contributed by atoms with E-state index >= 15 is 0 Å². The number of carbonyl (C=O) groups excluding carboxylic acids is 1. The van der Waals surface area contributed by atoms with Gasteiger partial charge in [0.2, 0.25) is 0 Å². The largest absolute Gasteiger partial charge is 0.543 e. The van der Waals surface area contributed by atoms with Gasteiger partial charge in [-0.25, -0.2) is 4.68 Å². The second-order valence-electron chi connectivity index (χ2n) is 6.21. The second-order valence-corrected chi connectivity index (χ2v) is 6.62. The molecule has 2 aromatic carbocycles. The van der Waals surface area contributed by atoms with E-state index in [4.69, 9.17) is 16.3 Å². The summed E-state index contributed by atoms with van der Waals surface area (Å²) < 4.78 is 6.69. The van der Waals surface area contributed by atoms with Crippen molar-refractivity contribution in [3.05, 3.63) is 65.3 Å². The fourth-order valence-corrected chi connectivity index (χ4v) is 3.36. The standard InChI is InChI=1S/C20H18ClN3O3/c21-16-3-1-2-4-18(16)24-19(20(25)26)13-17(22-24)14-5-7-15(8-6-14)23-9-11-27-12-10-23/h1-8,13H,9-12H2,(H,25,26)/p-1. The van der Waals surface area contributed by atoms with Gasteiger partial charge < -0.3 is 19.5 Å². The average Bonchev–Trinajstić information content (AvgIpc) is 3.15. The lowest BCUT2D eigenvalue weighted by Crippen LogP contribution is -2.36. The number of benzene rings is 2. The first kappa shape index (κ1) is 17.6. The number of halogens is 1. The van der Waals surface area contributed by atoms with E-state index < -0.39 is 5.97 Å². The number of carboxylic acid groups (broad SMARTS) is 1. The summed E-state index contributed by atoms with van der Waals surface area (Å²) in [5.41, 5.74) is 2.92. The Bertz CT molecular complexity index is 963. The quantitative estimate of drug-likeness (QED) is 0.693. The molecule has 0 amide bonds. The van der Waals surface area contributed by atoms with Crippen LogP contribution in [0.4, 0.5) is 5.69 Å². The maximum absolute atomic E-state index is 11.6. The minimum absolute atomic E-state index is 0.0460. The minimum Gasteiger partial charge on any atom is -0.543 e. The summed E-state index contributed by atoms with van der Waals surface area (Å²) in [6, 6.07) is 16.3. The summed E-state index contributed by atoms with van der Waals surface area (Å²) in [4.78, 5) is 13.8. The van der Waals surface area contributed by atoms with Crippen LogP contribution >= 0.6 is 11.6 Å². The number of carbonyl (C=O) groups is 1. The zero-order valence-electron chi connectivity index (χ0n) is 14.5. The van der Waals surface area contributed by atoms with E-state index in [-0.39, 0.29) is 5.69 Å². The van der Waals surface area contributed by atoms with Crippen LogP contribution in [0.25, 0.3) is 16.9 Å². The summed E-state index contributed by atoms with van der Waals surface area (Å²) in [7, 11) is 0. The van der Waals surface area contributed by atoms with Crippen molar-refractivity contribution in [3.63, 3.8) is 0 Å². The van der Waals surface area contributed by atoms with Gasteiger partial charge in [-0.15, -0.1) is 0 Å². The normalized spacial score (nSPS) is 14.3. The van der Waals surface area contributed by atoms with Crippen molar-refractivity contribution in [1.82, 2.24) is 9.78 Å². The average molecular weight is 383 g/mol. The van der Waals surface area contributed by atoms with Crippen molar-refractivity contribution >= 4 is 23.3 Å². The van der Waals surface area contributed by atoms with Crippen LogP contribution in [0.15, 0.2) is 54.6 Å². The van der Waals surface area contributed by atoms with E-state index in [1.165, 1.54) is 10.7 Å². The van der Waals surface area contributed by atoms with Crippen molar-refractivity contribution < 1.29 is 14.6 Å². The monoisotopic (exact) mass is 382 g/mol. The van der Waals surface area contributed by atoms with Gasteiger partial charge in [0.25, 0.3) is 0 Å². The number of nitrogens with zero attached hydrogens (tertiary/aromatic N) is 3. The molecular formula is C20H17ClN3O3-. The van der Waals surface area contributed by atoms with Crippen molar-refractivity contribution in [2.24, 2.45) is 0 Å². The first-order valence-electron chi connectivity index (χ1n) is 8.63. The van der Waals surface area contributed by atoms with Gasteiger partial charge in [0.15, 0.2) is 0 Å². The van der Waals surface area contributed by atoms with Crippen LogP contribution in [-0.2, 0) is 4.74 Å². The van der Waals surface area contributed by atoms with E-state index in [1.807, 2.05) is 24.3 Å². The topological polar surface area (TPSA) is 70.4 Å². The number of carboxylic acids is 1. The van der Waals surface area contributed by atoms with Gasteiger partial charge in [-0.3, -0.25) is 0 Å². The molecule has 138 valence electrons. The molecule has 1 aromatic heterocycles. The maximum Gasteiger partial charge on any atom is 0.0934 e. The molecule has 3 aromatic rings. The van der Waals surface area contributed by atoms with Crippen molar-refractivity contribution in [1.29, 1.82) is 0 Å². The van der Waals surface area contributed by atoms with Gasteiger partial charge in [0.05, 0.1) is 41.3 Å². The number of aromatic carboxylic acids is 1. The van der Waals surface area contributed by atoms with Gasteiger partial charge >= 0.3 is 0 Å². The van der Waals surface area contributed by atoms with Gasteiger partial charge in [-0.1, -0.05) is 35.9 Å². The Morgan fingerprint density at radius 3 is 2.44 bits per heavy atom. The number of para-hydroxylation sites is 1. The van der Waals surface area contributed by atoms with E-state index in [1.54, 1.807) is 24.3 Å². The van der Waals surface area contributed by atoms with Crippen LogP contribution in [0, 0.1) is 0 Å². The molecular weight excluding hydrogens is 366 g/mol. The van der Waals surface area contributed by atoms with E-state index in [0.717, 1.165) is 37.6 Å². The molecule has 0 N–H and O–H groups in total. The summed E-state index contributed by atoms with van der Waals surface area (Å²) in [5, 5.41) is 16.4. The molecule has 0 bridgehead atoms. The molecule has 7 heteroatoms. The molecule has 27 heavy (non-hydrogen) atoms. The summed E-state index contributed by atoms with van der Waals surface area (Å²) in [5.74, 6) is -1.31. The van der Waals surface area contributed by atoms with Crippen LogP contribution < -0.4 is 10.0 Å². The van der Waals surface area contributed by atoms with Crippen LogP contribution in [0.2, 0.25) is 5.02 Å². The molecule has 6 nitrogen and oxygen atoms in total. The predicted molar refractivity (Wildman–Crippen MR) is 101 cm³/mol. The molecule has 1 saturated heterocycles. The van der Waals surface area contributed by atoms with Gasteiger partial charge in [0.1, 0.15) is 0 Å². The summed E-state index contributed by atoms with van der Waals surface area (Å²) in [6.45, 7) is 3.16. The molecule has 1 aliphatic rings. The molecule has 0 unspecified atom stereocenters. The zero-order chi connectivity index (χ0) is 18.8. The summed E-state index contributed by atoms with van der Waals surface area (Å²) >= 11 is 6.21. The minimum atomic E-state index is -1.31. The third kappa shape index (κ3) is 3.54. The van der Waals surface area contributed by atoms with Crippen LogP contribution in [0.1, 0.15) is 10.5 Å². The fraction of sp³-hybridized carbons (Fsp3) is 0.200. The van der Waals surface area contributed by atoms with Crippen LogP contribution in [-0.4, -0.2) is 42.1 Å². The lowest BCUT2D eigenvalue weighted by molar-refractivity contribution is -0.255. The molecule has 0 atom stereocenters. The molecule has 4 rings (SSSR count). The smallest absolute Gasteiger partial charge is 0.0934 e. The van der Waals surface area contributed by atoms with E-state index in [9.17, 15) is 9.90 Å².